The van der Waals surface area contributed by atoms with Crippen molar-refractivity contribution in [1.82, 2.24) is 14.7 Å². The van der Waals surface area contributed by atoms with Crippen LogP contribution in [0.15, 0.2) is 33.9 Å². The predicted molar refractivity (Wildman–Crippen MR) is 82.5 cm³/mol. The van der Waals surface area contributed by atoms with Gasteiger partial charge in [0.05, 0.1) is 0 Å². The summed E-state index contributed by atoms with van der Waals surface area (Å²) in [5.74, 6) is 1.35. The molecule has 0 radical (unpaired) electrons. The molecule has 0 atom stereocenters. The average Bonchev–Trinajstić information content (AvgIpc) is 2.94. The number of aryl methyl sites for hydroxylation is 1. The van der Waals surface area contributed by atoms with Crippen LogP contribution in [0, 0.1) is 0 Å². The molecule has 2 heterocycles. The number of nitrogens with zero attached hydrogens (tertiary/aromatic N) is 4. The van der Waals surface area contributed by atoms with Gasteiger partial charge in [0.1, 0.15) is 5.49 Å². The lowest BCUT2D eigenvalue weighted by Crippen LogP contribution is -2.27. The second-order valence-electron chi connectivity index (χ2n) is 5.75. The molecule has 6 heteroatoms. The quantitative estimate of drug-likeness (QED) is 0.851. The second-order valence-corrected chi connectivity index (χ2v) is 5.75. The Kier molecular flexibility index (Phi) is 5.25. The number of hydrogen-bond acceptors (Lipinski definition) is 5. The highest BCUT2D eigenvalue weighted by Gasteiger charge is 2.12. The van der Waals surface area contributed by atoms with Gasteiger partial charge in [-0.05, 0) is 26.0 Å². The van der Waals surface area contributed by atoms with Crippen molar-refractivity contribution in [2.75, 3.05) is 0 Å². The molecule has 0 bridgehead atoms. The van der Waals surface area contributed by atoms with Gasteiger partial charge in [-0.15, -0.1) is 0 Å². The molecule has 0 aliphatic carbocycles. The van der Waals surface area contributed by atoms with Crippen LogP contribution in [0.2, 0.25) is 0 Å². The monoisotopic (exact) mass is 302 g/mol. The van der Waals surface area contributed by atoms with Crippen LogP contribution >= 0.6 is 0 Å². The van der Waals surface area contributed by atoms with E-state index in [4.69, 9.17) is 4.52 Å². The number of aromatic nitrogens is 3. The summed E-state index contributed by atoms with van der Waals surface area (Å²) >= 11 is 0. The highest BCUT2D eigenvalue weighted by atomic mass is 16.5. The van der Waals surface area contributed by atoms with Gasteiger partial charge in [-0.2, -0.15) is 4.98 Å². The number of carbonyl (C=O) groups excluding carboxylic acids is 1. The van der Waals surface area contributed by atoms with Gasteiger partial charge < -0.3 is 4.52 Å². The fourth-order valence-corrected chi connectivity index (χ4v) is 1.95. The molecular weight excluding hydrogens is 280 g/mol. The van der Waals surface area contributed by atoms with E-state index >= 15 is 0 Å². The largest absolute Gasteiger partial charge is 0.339 e. The number of hydrogen-bond donors (Lipinski definition) is 0. The van der Waals surface area contributed by atoms with Gasteiger partial charge in [0.15, 0.2) is 5.82 Å². The van der Waals surface area contributed by atoms with Crippen molar-refractivity contribution in [3.8, 4) is 0 Å². The summed E-state index contributed by atoms with van der Waals surface area (Å²) in [6.07, 6.45) is 2.47. The van der Waals surface area contributed by atoms with Crippen LogP contribution in [0.25, 0.3) is 0 Å². The van der Waals surface area contributed by atoms with Crippen LogP contribution in [-0.4, -0.2) is 26.7 Å². The van der Waals surface area contributed by atoms with Crippen molar-refractivity contribution in [2.24, 2.45) is 4.99 Å². The molecule has 6 nitrogen and oxygen atoms in total. The van der Waals surface area contributed by atoms with E-state index in [0.29, 0.717) is 30.0 Å². The smallest absolute Gasteiger partial charge is 0.232 e. The summed E-state index contributed by atoms with van der Waals surface area (Å²) in [5.41, 5.74) is 0.663. The SMILES string of the molecule is CC(C)N=c1ccccn1C(=O)CCc1nc(C(C)C)no1. The van der Waals surface area contributed by atoms with Crippen LogP contribution < -0.4 is 5.49 Å². The minimum absolute atomic E-state index is 0.0377. The molecule has 0 fully saturated rings. The van der Waals surface area contributed by atoms with Gasteiger partial charge in [-0.3, -0.25) is 14.4 Å². The maximum Gasteiger partial charge on any atom is 0.232 e. The Bertz CT molecular complexity index is 698. The van der Waals surface area contributed by atoms with E-state index in [1.807, 2.05) is 45.9 Å². The first-order valence-corrected chi connectivity index (χ1v) is 7.54. The number of pyridine rings is 1. The molecule has 118 valence electrons. The van der Waals surface area contributed by atoms with Crippen molar-refractivity contribution in [3.05, 3.63) is 41.6 Å². The van der Waals surface area contributed by atoms with E-state index in [1.165, 1.54) is 0 Å². The third-order valence-electron chi connectivity index (χ3n) is 3.05. The summed E-state index contributed by atoms with van der Waals surface area (Å²) in [6, 6.07) is 5.66. The van der Waals surface area contributed by atoms with Gasteiger partial charge in [-0.25, -0.2) is 0 Å². The van der Waals surface area contributed by atoms with Crippen LogP contribution in [-0.2, 0) is 6.42 Å². The zero-order valence-corrected chi connectivity index (χ0v) is 13.5. The lowest BCUT2D eigenvalue weighted by Gasteiger charge is -2.06. The summed E-state index contributed by atoms with van der Waals surface area (Å²) in [5, 5.41) is 3.90. The van der Waals surface area contributed by atoms with Crippen LogP contribution in [0.5, 0.6) is 0 Å². The van der Waals surface area contributed by atoms with E-state index in [1.54, 1.807) is 10.8 Å². The zero-order valence-electron chi connectivity index (χ0n) is 13.5. The molecule has 0 aliphatic rings. The Labute approximate surface area is 129 Å². The van der Waals surface area contributed by atoms with Gasteiger partial charge in [-0.1, -0.05) is 25.1 Å². The van der Waals surface area contributed by atoms with Gasteiger partial charge in [0.2, 0.25) is 11.8 Å². The molecule has 2 aromatic rings. The lowest BCUT2D eigenvalue weighted by molar-refractivity contribution is 0.0894. The third-order valence-corrected chi connectivity index (χ3v) is 3.05. The van der Waals surface area contributed by atoms with E-state index in [2.05, 4.69) is 15.1 Å². The highest BCUT2D eigenvalue weighted by Crippen LogP contribution is 2.10. The van der Waals surface area contributed by atoms with E-state index in [-0.39, 0.29) is 17.9 Å². The minimum Gasteiger partial charge on any atom is -0.339 e. The van der Waals surface area contributed by atoms with Crippen LogP contribution in [0.1, 0.15) is 56.5 Å². The molecule has 0 unspecified atom stereocenters. The van der Waals surface area contributed by atoms with Crippen molar-refractivity contribution >= 4 is 5.91 Å². The van der Waals surface area contributed by atoms with E-state index in [9.17, 15) is 4.79 Å². The van der Waals surface area contributed by atoms with E-state index < -0.39 is 0 Å². The van der Waals surface area contributed by atoms with Crippen molar-refractivity contribution < 1.29 is 9.32 Å². The van der Waals surface area contributed by atoms with Gasteiger partial charge in [0, 0.05) is 31.0 Å². The third kappa shape index (κ3) is 4.13. The normalized spacial score (nSPS) is 12.4. The zero-order chi connectivity index (χ0) is 16.1. The van der Waals surface area contributed by atoms with Crippen molar-refractivity contribution in [3.63, 3.8) is 0 Å². The minimum atomic E-state index is -0.0377. The highest BCUT2D eigenvalue weighted by molar-refractivity contribution is 5.78. The molecule has 0 saturated carbocycles. The molecule has 22 heavy (non-hydrogen) atoms. The molecule has 2 aromatic heterocycles. The molecule has 0 aliphatic heterocycles. The number of rotatable bonds is 5. The lowest BCUT2D eigenvalue weighted by atomic mass is 10.2. The molecule has 0 amide bonds. The maximum absolute atomic E-state index is 12.4. The fourth-order valence-electron chi connectivity index (χ4n) is 1.95. The molecule has 0 aromatic carbocycles. The van der Waals surface area contributed by atoms with Gasteiger partial charge in [0.25, 0.3) is 0 Å². The topological polar surface area (TPSA) is 73.3 Å². The molecule has 0 N–H and O–H groups in total. The first kappa shape index (κ1) is 16.1. The Morgan fingerprint density at radius 1 is 1.32 bits per heavy atom. The molecule has 0 spiro atoms. The van der Waals surface area contributed by atoms with Crippen LogP contribution in [0.3, 0.4) is 0 Å². The molecular formula is C16H22N4O2. The van der Waals surface area contributed by atoms with E-state index in [0.717, 1.165) is 0 Å². The second kappa shape index (κ2) is 7.15. The Balaban J connectivity index is 2.09. The summed E-state index contributed by atoms with van der Waals surface area (Å²) in [6.45, 7) is 7.96. The first-order valence-electron chi connectivity index (χ1n) is 7.54. The standard InChI is InChI=1S/C16H22N4O2/c1-11(2)16-18-14(22-19-16)8-9-15(21)20-10-6-5-7-13(20)17-12(3)4/h5-7,10-12H,8-9H2,1-4H3. The molecule has 2 rings (SSSR count). The Morgan fingerprint density at radius 3 is 2.73 bits per heavy atom. The first-order chi connectivity index (χ1) is 10.5. The average molecular weight is 302 g/mol. The summed E-state index contributed by atoms with van der Waals surface area (Å²) < 4.78 is 6.73. The maximum atomic E-state index is 12.4. The Morgan fingerprint density at radius 2 is 2.09 bits per heavy atom. The fraction of sp³-hybridized carbons (Fsp3) is 0.500. The predicted octanol–water partition coefficient (Wildman–Crippen LogP) is 2.58. The summed E-state index contributed by atoms with van der Waals surface area (Å²) in [7, 11) is 0. The van der Waals surface area contributed by atoms with Gasteiger partial charge >= 0.3 is 0 Å². The van der Waals surface area contributed by atoms with Crippen molar-refractivity contribution in [2.45, 2.75) is 52.5 Å². The molecule has 0 saturated heterocycles. The number of carbonyl (C=O) groups is 1. The summed E-state index contributed by atoms with van der Waals surface area (Å²) in [4.78, 5) is 21.1. The van der Waals surface area contributed by atoms with Crippen molar-refractivity contribution in [1.29, 1.82) is 0 Å². The van der Waals surface area contributed by atoms with Crippen LogP contribution in [0.4, 0.5) is 0 Å². The Hall–Kier alpha value is -2.24.